The van der Waals surface area contributed by atoms with Crippen LogP contribution in [0.5, 0.6) is 0 Å². The summed E-state index contributed by atoms with van der Waals surface area (Å²) in [5, 5.41) is 22.5. The van der Waals surface area contributed by atoms with Gasteiger partial charge in [-0.15, -0.1) is 0 Å². The third kappa shape index (κ3) is 2.98. The molecule has 0 radical (unpaired) electrons. The molecule has 2 N–H and O–H groups in total. The van der Waals surface area contributed by atoms with Gasteiger partial charge in [0.25, 0.3) is 0 Å². The first-order chi connectivity index (χ1) is 14.3. The Morgan fingerprint density at radius 3 is 2.77 bits per heavy atom. The molecule has 0 bridgehead atoms. The largest absolute Gasteiger partial charge is 0.393 e. The van der Waals surface area contributed by atoms with Crippen LogP contribution < -0.4 is 0 Å². The smallest absolute Gasteiger partial charge is 0.167 e. The van der Waals surface area contributed by atoms with Crippen molar-refractivity contribution in [2.24, 2.45) is 35.1 Å². The van der Waals surface area contributed by atoms with Crippen molar-refractivity contribution in [2.45, 2.75) is 89.0 Å². The number of thioether (sulfide) groups is 1. The Hall–Kier alpha value is -0.780. The SMILES string of the molecule is Cn1ccnc1SCC[C@]12CC[C@@H]3C(=CC[C@]4(C)[C@@H](O)CC[C@@H]34)[C@@]1(C)CC[C@H](O)C2. The Kier molecular flexibility index (Phi) is 5.19. The van der Waals surface area contributed by atoms with Crippen molar-refractivity contribution < 1.29 is 10.2 Å². The summed E-state index contributed by atoms with van der Waals surface area (Å²) in [6.45, 7) is 4.86. The number of aliphatic hydroxyl groups excluding tert-OH is 2. The van der Waals surface area contributed by atoms with Crippen molar-refractivity contribution in [1.82, 2.24) is 9.55 Å². The van der Waals surface area contributed by atoms with Gasteiger partial charge >= 0.3 is 0 Å². The normalized spacial score (nSPS) is 45.4. The number of hydrogen-bond acceptors (Lipinski definition) is 4. The van der Waals surface area contributed by atoms with E-state index in [4.69, 9.17) is 0 Å². The molecule has 3 saturated carbocycles. The van der Waals surface area contributed by atoms with Crippen molar-refractivity contribution in [3.8, 4) is 0 Å². The van der Waals surface area contributed by atoms with Crippen molar-refractivity contribution in [3.05, 3.63) is 24.0 Å². The van der Waals surface area contributed by atoms with E-state index < -0.39 is 0 Å². The first-order valence-corrected chi connectivity index (χ1v) is 12.9. The van der Waals surface area contributed by atoms with Crippen molar-refractivity contribution in [3.63, 3.8) is 0 Å². The molecule has 0 saturated heterocycles. The maximum atomic E-state index is 10.7. The van der Waals surface area contributed by atoms with Gasteiger partial charge in [-0.05, 0) is 80.5 Å². The first kappa shape index (κ1) is 21.1. The molecule has 0 amide bonds. The van der Waals surface area contributed by atoms with Crippen LogP contribution in [0.15, 0.2) is 29.2 Å². The van der Waals surface area contributed by atoms with E-state index in [1.807, 2.05) is 24.2 Å². The van der Waals surface area contributed by atoms with Crippen LogP contribution in [0.25, 0.3) is 0 Å². The zero-order valence-corrected chi connectivity index (χ0v) is 19.6. The summed E-state index contributed by atoms with van der Waals surface area (Å²) in [6.07, 6.45) is 15.9. The molecule has 0 spiro atoms. The molecule has 5 heteroatoms. The van der Waals surface area contributed by atoms with Crippen molar-refractivity contribution >= 4 is 11.8 Å². The number of aliphatic hydroxyl groups is 2. The maximum Gasteiger partial charge on any atom is 0.167 e. The van der Waals surface area contributed by atoms with E-state index in [1.54, 1.807) is 5.57 Å². The number of imidazole rings is 1. The quantitative estimate of drug-likeness (QED) is 0.524. The predicted molar refractivity (Wildman–Crippen MR) is 121 cm³/mol. The molecule has 0 aromatic carbocycles. The summed E-state index contributed by atoms with van der Waals surface area (Å²) in [5.41, 5.74) is 2.15. The van der Waals surface area contributed by atoms with E-state index in [0.29, 0.717) is 11.8 Å². The molecule has 5 rings (SSSR count). The summed E-state index contributed by atoms with van der Waals surface area (Å²) in [5.74, 6) is 2.33. The lowest BCUT2D eigenvalue weighted by atomic mass is 9.42. The van der Waals surface area contributed by atoms with Crippen LogP contribution in [-0.4, -0.2) is 37.7 Å². The first-order valence-electron chi connectivity index (χ1n) is 12.0. The molecular formula is C25H38N2O2S. The fraction of sp³-hybridized carbons (Fsp3) is 0.800. The maximum absolute atomic E-state index is 10.7. The molecule has 7 atom stereocenters. The zero-order chi connectivity index (χ0) is 21.1. The van der Waals surface area contributed by atoms with Crippen molar-refractivity contribution in [2.75, 3.05) is 5.75 Å². The van der Waals surface area contributed by atoms with Gasteiger partial charge in [-0.2, -0.15) is 0 Å². The molecule has 1 heterocycles. The molecular weight excluding hydrogens is 392 g/mol. The van der Waals surface area contributed by atoms with Gasteiger partial charge in [0.05, 0.1) is 12.2 Å². The lowest BCUT2D eigenvalue weighted by Gasteiger charge is -2.62. The van der Waals surface area contributed by atoms with E-state index in [-0.39, 0.29) is 28.5 Å². The van der Waals surface area contributed by atoms with E-state index in [9.17, 15) is 10.2 Å². The molecule has 0 aliphatic heterocycles. The number of fused-ring (bicyclic) bond motifs is 5. The summed E-state index contributed by atoms with van der Waals surface area (Å²) in [4.78, 5) is 4.49. The average Bonchev–Trinajstić information content (AvgIpc) is 3.25. The van der Waals surface area contributed by atoms with Gasteiger partial charge in [-0.1, -0.05) is 37.3 Å². The highest BCUT2D eigenvalue weighted by atomic mass is 32.2. The van der Waals surface area contributed by atoms with Crippen LogP contribution in [0.4, 0.5) is 0 Å². The van der Waals surface area contributed by atoms with E-state index in [2.05, 4.69) is 36.5 Å². The molecule has 0 unspecified atom stereocenters. The van der Waals surface area contributed by atoms with E-state index in [1.165, 1.54) is 19.3 Å². The second kappa shape index (κ2) is 7.38. The standard InChI is InChI=1S/C25H38N2O2S/c1-23-9-8-20-18(19(23)4-5-21(23)29)7-11-25(16-17(28)6-10-24(20,25)2)12-15-30-22-26-13-14-27(22)3/h8,13-14,17-19,21,28-29H,4-7,9-12,15-16H2,1-3H3/t17-,18-,19-,21-,23-,24+,25-/m0/s1. The van der Waals surface area contributed by atoms with Gasteiger partial charge in [0.2, 0.25) is 0 Å². The highest BCUT2D eigenvalue weighted by Gasteiger charge is 2.61. The number of nitrogens with zero attached hydrogens (tertiary/aromatic N) is 2. The van der Waals surface area contributed by atoms with Gasteiger partial charge in [0.1, 0.15) is 0 Å². The Labute approximate surface area is 185 Å². The fourth-order valence-corrected chi connectivity index (χ4v) is 9.05. The van der Waals surface area contributed by atoms with Gasteiger partial charge in [0, 0.05) is 30.6 Å². The monoisotopic (exact) mass is 430 g/mol. The molecule has 3 fully saturated rings. The lowest BCUT2D eigenvalue weighted by Crippen LogP contribution is -2.55. The Morgan fingerprint density at radius 1 is 1.17 bits per heavy atom. The molecule has 4 aliphatic rings. The van der Waals surface area contributed by atoms with Crippen LogP contribution in [0.2, 0.25) is 0 Å². The third-order valence-electron chi connectivity index (χ3n) is 9.94. The molecule has 4 aliphatic carbocycles. The highest BCUT2D eigenvalue weighted by Crippen LogP contribution is 2.69. The number of hydrogen-bond donors (Lipinski definition) is 2. The number of allylic oxidation sites excluding steroid dienone is 2. The van der Waals surface area contributed by atoms with Gasteiger partial charge < -0.3 is 14.8 Å². The Balaban J connectivity index is 1.43. The van der Waals surface area contributed by atoms with Gasteiger partial charge in [-0.3, -0.25) is 0 Å². The molecule has 1 aromatic heterocycles. The highest BCUT2D eigenvalue weighted by molar-refractivity contribution is 7.99. The minimum absolute atomic E-state index is 0.0762. The fourth-order valence-electron chi connectivity index (χ4n) is 7.97. The average molecular weight is 431 g/mol. The Bertz CT molecular complexity index is 837. The molecule has 166 valence electrons. The summed E-state index contributed by atoms with van der Waals surface area (Å²) in [6, 6.07) is 0. The number of aryl methyl sites for hydroxylation is 1. The van der Waals surface area contributed by atoms with E-state index in [0.717, 1.165) is 49.4 Å². The van der Waals surface area contributed by atoms with Gasteiger partial charge in [-0.25, -0.2) is 4.98 Å². The topological polar surface area (TPSA) is 58.3 Å². The predicted octanol–water partition coefficient (Wildman–Crippen LogP) is 4.96. The minimum atomic E-state index is -0.157. The van der Waals surface area contributed by atoms with Crippen molar-refractivity contribution in [1.29, 1.82) is 0 Å². The number of aromatic nitrogens is 2. The van der Waals surface area contributed by atoms with Crippen LogP contribution in [-0.2, 0) is 7.05 Å². The van der Waals surface area contributed by atoms with Crippen LogP contribution in [0.1, 0.15) is 71.6 Å². The van der Waals surface area contributed by atoms with Crippen LogP contribution >= 0.6 is 11.8 Å². The molecule has 1 aromatic rings. The molecule has 4 nitrogen and oxygen atoms in total. The molecule has 30 heavy (non-hydrogen) atoms. The van der Waals surface area contributed by atoms with Crippen LogP contribution in [0.3, 0.4) is 0 Å². The zero-order valence-electron chi connectivity index (χ0n) is 18.8. The summed E-state index contributed by atoms with van der Waals surface area (Å²) >= 11 is 1.86. The summed E-state index contributed by atoms with van der Waals surface area (Å²) in [7, 11) is 2.06. The number of rotatable bonds is 4. The third-order valence-corrected chi connectivity index (χ3v) is 11.0. The second-order valence-electron chi connectivity index (χ2n) is 11.1. The lowest BCUT2D eigenvalue weighted by molar-refractivity contribution is -0.0866. The van der Waals surface area contributed by atoms with Crippen LogP contribution in [0, 0.1) is 28.1 Å². The van der Waals surface area contributed by atoms with E-state index >= 15 is 0 Å². The van der Waals surface area contributed by atoms with Gasteiger partial charge in [0.15, 0.2) is 5.16 Å². The minimum Gasteiger partial charge on any atom is -0.393 e. The summed E-state index contributed by atoms with van der Waals surface area (Å²) < 4.78 is 2.10. The second-order valence-corrected chi connectivity index (χ2v) is 12.2. The Morgan fingerprint density at radius 2 is 2.00 bits per heavy atom.